The average molecular weight is 342 g/mol. The molecule has 1 aromatic heterocycles. The summed E-state index contributed by atoms with van der Waals surface area (Å²) >= 11 is 0. The molecule has 8 heteroatoms. The second-order valence-electron chi connectivity index (χ2n) is 6.45. The lowest BCUT2D eigenvalue weighted by Gasteiger charge is -2.36. The molecule has 0 radical (unpaired) electrons. The molecule has 2 fully saturated rings. The predicted molar refractivity (Wildman–Crippen MR) is 91.5 cm³/mol. The zero-order valence-electron chi connectivity index (χ0n) is 14.1. The molecule has 2 aliphatic heterocycles. The molecule has 0 spiro atoms. The molecule has 2 aromatic rings. The first kappa shape index (κ1) is 16.0. The van der Waals surface area contributed by atoms with Gasteiger partial charge in [-0.2, -0.15) is 4.68 Å². The molecule has 8 nitrogen and oxygen atoms in total. The zero-order valence-corrected chi connectivity index (χ0v) is 14.1. The van der Waals surface area contributed by atoms with Crippen LogP contribution in [-0.2, 0) is 9.53 Å². The summed E-state index contributed by atoms with van der Waals surface area (Å²) in [6, 6.07) is 9.83. The van der Waals surface area contributed by atoms with Crippen LogP contribution in [0.1, 0.15) is 12.8 Å². The van der Waals surface area contributed by atoms with Crippen LogP contribution in [0.2, 0.25) is 0 Å². The van der Waals surface area contributed by atoms with Crippen LogP contribution in [0.5, 0.6) is 0 Å². The van der Waals surface area contributed by atoms with E-state index in [0.29, 0.717) is 38.8 Å². The van der Waals surface area contributed by atoms with Crippen molar-refractivity contribution in [2.24, 2.45) is 5.92 Å². The van der Waals surface area contributed by atoms with Crippen LogP contribution in [0.4, 0.5) is 5.95 Å². The van der Waals surface area contributed by atoms with E-state index in [2.05, 4.69) is 20.4 Å². The van der Waals surface area contributed by atoms with E-state index >= 15 is 0 Å². The van der Waals surface area contributed by atoms with Crippen molar-refractivity contribution in [1.82, 2.24) is 25.1 Å². The van der Waals surface area contributed by atoms with E-state index in [9.17, 15) is 4.79 Å². The fraction of sp³-hybridized carbons (Fsp3) is 0.529. The van der Waals surface area contributed by atoms with Crippen LogP contribution < -0.4 is 4.90 Å². The Bertz CT molecular complexity index is 713. The zero-order chi connectivity index (χ0) is 17.1. The summed E-state index contributed by atoms with van der Waals surface area (Å²) in [6.07, 6.45) is 1.88. The molecule has 4 rings (SSSR count). The van der Waals surface area contributed by atoms with Crippen molar-refractivity contribution < 1.29 is 9.53 Å². The van der Waals surface area contributed by atoms with Gasteiger partial charge in [0.15, 0.2) is 0 Å². The highest BCUT2D eigenvalue weighted by Crippen LogP contribution is 2.24. The maximum atomic E-state index is 12.8. The number of hydrogen-bond acceptors (Lipinski definition) is 6. The fourth-order valence-electron chi connectivity index (χ4n) is 3.52. The fourth-order valence-corrected chi connectivity index (χ4v) is 3.52. The van der Waals surface area contributed by atoms with E-state index in [4.69, 9.17) is 4.74 Å². The molecule has 132 valence electrons. The smallest absolute Gasteiger partial charge is 0.250 e. The highest BCUT2D eigenvalue weighted by molar-refractivity contribution is 5.79. The number of amides is 1. The van der Waals surface area contributed by atoms with Gasteiger partial charge < -0.3 is 14.5 Å². The molecule has 25 heavy (non-hydrogen) atoms. The lowest BCUT2D eigenvalue weighted by atomic mass is 9.96. The van der Waals surface area contributed by atoms with Gasteiger partial charge in [0, 0.05) is 26.2 Å². The minimum absolute atomic E-state index is 0.00669. The molecule has 2 saturated heterocycles. The van der Waals surface area contributed by atoms with Gasteiger partial charge in [-0.15, -0.1) is 0 Å². The van der Waals surface area contributed by atoms with Crippen molar-refractivity contribution in [3.05, 3.63) is 30.3 Å². The summed E-state index contributed by atoms with van der Waals surface area (Å²) in [5.74, 6) is 0.921. The molecule has 0 unspecified atom stereocenters. The summed E-state index contributed by atoms with van der Waals surface area (Å²) in [6.45, 7) is 4.17. The van der Waals surface area contributed by atoms with Crippen molar-refractivity contribution in [3.8, 4) is 5.69 Å². The van der Waals surface area contributed by atoms with Gasteiger partial charge in [0.2, 0.25) is 11.9 Å². The molecule has 0 saturated carbocycles. The number of para-hydroxylation sites is 1. The number of nitrogens with zero attached hydrogens (tertiary/aromatic N) is 6. The van der Waals surface area contributed by atoms with Gasteiger partial charge in [0.1, 0.15) is 0 Å². The number of morpholine rings is 1. The molecule has 1 atom stereocenters. The van der Waals surface area contributed by atoms with E-state index in [0.717, 1.165) is 25.1 Å². The Hall–Kier alpha value is -2.48. The Kier molecular flexibility index (Phi) is 4.60. The van der Waals surface area contributed by atoms with Gasteiger partial charge in [-0.05, 0) is 35.4 Å². The van der Waals surface area contributed by atoms with Crippen molar-refractivity contribution in [2.75, 3.05) is 44.3 Å². The first-order chi connectivity index (χ1) is 12.3. The lowest BCUT2D eigenvalue weighted by molar-refractivity contribution is -0.139. The minimum atomic E-state index is -0.00669. The Labute approximate surface area is 146 Å². The van der Waals surface area contributed by atoms with E-state index in [1.807, 2.05) is 35.2 Å². The molecule has 3 heterocycles. The Morgan fingerprint density at radius 1 is 1.12 bits per heavy atom. The first-order valence-electron chi connectivity index (χ1n) is 8.78. The summed E-state index contributed by atoms with van der Waals surface area (Å²) in [7, 11) is 0. The third kappa shape index (κ3) is 3.34. The van der Waals surface area contributed by atoms with E-state index < -0.39 is 0 Å². The lowest BCUT2D eigenvalue weighted by Crippen LogP contribution is -2.48. The summed E-state index contributed by atoms with van der Waals surface area (Å²) < 4.78 is 7.09. The highest BCUT2D eigenvalue weighted by Gasteiger charge is 2.32. The number of aromatic nitrogens is 4. The summed E-state index contributed by atoms with van der Waals surface area (Å²) in [5, 5.41) is 12.2. The van der Waals surface area contributed by atoms with Gasteiger partial charge in [-0.1, -0.05) is 23.3 Å². The number of rotatable bonds is 3. The SMILES string of the molecule is O=C([C@H]1CCCN(c2nnnn2-c2ccccc2)C1)N1CCOCC1. The highest BCUT2D eigenvalue weighted by atomic mass is 16.5. The van der Waals surface area contributed by atoms with Crippen molar-refractivity contribution in [1.29, 1.82) is 0 Å². The predicted octanol–water partition coefficient (Wildman–Crippen LogP) is 0.737. The van der Waals surface area contributed by atoms with Crippen LogP contribution in [0, 0.1) is 5.92 Å². The maximum Gasteiger partial charge on any atom is 0.250 e. The third-order valence-corrected chi connectivity index (χ3v) is 4.83. The topological polar surface area (TPSA) is 76.4 Å². The number of carbonyl (C=O) groups excluding carboxylic acids is 1. The molecule has 1 amide bonds. The van der Waals surface area contributed by atoms with Gasteiger partial charge in [0.25, 0.3) is 0 Å². The standard InChI is InChI=1S/C17H22N6O2/c24-16(21-9-11-25-12-10-21)14-5-4-8-22(13-14)17-18-19-20-23(17)15-6-2-1-3-7-15/h1-3,6-7,14H,4-5,8-13H2/t14-/m0/s1. The molecule has 0 aliphatic carbocycles. The second kappa shape index (κ2) is 7.18. The maximum absolute atomic E-state index is 12.8. The molecule has 0 N–H and O–H groups in total. The molecule has 1 aromatic carbocycles. The molecule has 0 bridgehead atoms. The van der Waals surface area contributed by atoms with Gasteiger partial charge >= 0.3 is 0 Å². The van der Waals surface area contributed by atoms with Crippen LogP contribution in [-0.4, -0.2) is 70.4 Å². The Morgan fingerprint density at radius 2 is 1.92 bits per heavy atom. The van der Waals surface area contributed by atoms with Gasteiger partial charge in [-0.3, -0.25) is 4.79 Å². The molecule has 2 aliphatic rings. The Morgan fingerprint density at radius 3 is 2.72 bits per heavy atom. The van der Waals surface area contributed by atoms with Crippen molar-refractivity contribution in [3.63, 3.8) is 0 Å². The van der Waals surface area contributed by atoms with Crippen molar-refractivity contribution in [2.45, 2.75) is 12.8 Å². The number of ether oxygens (including phenoxy) is 1. The number of tetrazole rings is 1. The van der Waals surface area contributed by atoms with E-state index in [1.54, 1.807) is 4.68 Å². The quantitative estimate of drug-likeness (QED) is 0.819. The van der Waals surface area contributed by atoms with Gasteiger partial charge in [0.05, 0.1) is 24.8 Å². The van der Waals surface area contributed by atoms with Crippen LogP contribution in [0.3, 0.4) is 0 Å². The van der Waals surface area contributed by atoms with Gasteiger partial charge in [-0.25, -0.2) is 0 Å². The average Bonchev–Trinajstić information content (AvgIpc) is 3.19. The van der Waals surface area contributed by atoms with Crippen LogP contribution in [0.25, 0.3) is 5.69 Å². The van der Waals surface area contributed by atoms with Crippen LogP contribution >= 0.6 is 0 Å². The molecular weight excluding hydrogens is 320 g/mol. The van der Waals surface area contributed by atoms with Crippen LogP contribution in [0.15, 0.2) is 30.3 Å². The number of benzene rings is 1. The largest absolute Gasteiger partial charge is 0.378 e. The summed E-state index contributed by atoms with van der Waals surface area (Å²) in [5.41, 5.74) is 0.920. The molecular formula is C17H22N6O2. The summed E-state index contributed by atoms with van der Waals surface area (Å²) in [4.78, 5) is 16.9. The normalized spacial score (nSPS) is 21.4. The number of anilines is 1. The first-order valence-corrected chi connectivity index (χ1v) is 8.78. The monoisotopic (exact) mass is 342 g/mol. The van der Waals surface area contributed by atoms with Crippen molar-refractivity contribution >= 4 is 11.9 Å². The second-order valence-corrected chi connectivity index (χ2v) is 6.45. The van der Waals surface area contributed by atoms with E-state index in [-0.39, 0.29) is 11.8 Å². The Balaban J connectivity index is 1.50. The minimum Gasteiger partial charge on any atom is -0.378 e. The third-order valence-electron chi connectivity index (χ3n) is 4.83. The number of hydrogen-bond donors (Lipinski definition) is 0. The number of carbonyl (C=O) groups is 1. The number of piperidine rings is 1. The van der Waals surface area contributed by atoms with E-state index in [1.165, 1.54) is 0 Å².